The van der Waals surface area contributed by atoms with Gasteiger partial charge in [0, 0.05) is 22.7 Å². The van der Waals surface area contributed by atoms with Crippen LogP contribution in [0.15, 0.2) is 24.5 Å². The van der Waals surface area contributed by atoms with Gasteiger partial charge in [0.05, 0.1) is 11.8 Å². The molecular formula is C21H20ClF2N3O. The topological polar surface area (TPSA) is 58.9 Å². The summed E-state index contributed by atoms with van der Waals surface area (Å²) < 4.78 is 29.2. The molecule has 1 N–H and O–H groups in total. The number of nitrogens with zero attached hydrogens (tertiary/aromatic N) is 3. The maximum atomic E-state index is 14.9. The van der Waals surface area contributed by atoms with Gasteiger partial charge in [0.2, 0.25) is 5.28 Å². The van der Waals surface area contributed by atoms with E-state index in [9.17, 15) is 13.9 Å². The van der Waals surface area contributed by atoms with Crippen molar-refractivity contribution >= 4 is 22.5 Å². The molecule has 4 rings (SSSR count). The molecule has 1 aliphatic carbocycles. The standard InChI is InChI=1S/C21H20ClF2N3O/c1-11(2)17-13-7-12(18-16(24)10-26-20(22)27-18)8-15(23)19(13)25-9-14(17)21(28)5-3-4-6-21/h7-11,28H,3-6H2,1-2H3. The van der Waals surface area contributed by atoms with Crippen molar-refractivity contribution in [2.45, 2.75) is 51.0 Å². The van der Waals surface area contributed by atoms with E-state index in [0.29, 0.717) is 18.2 Å². The molecule has 1 aliphatic rings. The van der Waals surface area contributed by atoms with Crippen molar-refractivity contribution in [3.63, 3.8) is 0 Å². The van der Waals surface area contributed by atoms with Crippen LogP contribution in [0.1, 0.15) is 56.6 Å². The summed E-state index contributed by atoms with van der Waals surface area (Å²) in [5, 5.41) is 11.6. The smallest absolute Gasteiger partial charge is 0.223 e. The van der Waals surface area contributed by atoms with E-state index in [4.69, 9.17) is 11.6 Å². The van der Waals surface area contributed by atoms with Crippen LogP contribution in [0.2, 0.25) is 5.28 Å². The van der Waals surface area contributed by atoms with Crippen LogP contribution in [-0.4, -0.2) is 20.1 Å². The van der Waals surface area contributed by atoms with Crippen molar-refractivity contribution in [2.75, 3.05) is 0 Å². The maximum Gasteiger partial charge on any atom is 0.223 e. The minimum absolute atomic E-state index is 0.0126. The Kier molecular flexibility index (Phi) is 4.79. The highest BCUT2D eigenvalue weighted by atomic mass is 35.5. The second-order valence-electron chi connectivity index (χ2n) is 7.67. The minimum atomic E-state index is -0.962. The van der Waals surface area contributed by atoms with Gasteiger partial charge in [-0.3, -0.25) is 4.98 Å². The van der Waals surface area contributed by atoms with Crippen molar-refractivity contribution in [3.8, 4) is 11.3 Å². The van der Waals surface area contributed by atoms with E-state index in [1.54, 1.807) is 12.3 Å². The van der Waals surface area contributed by atoms with Crippen molar-refractivity contribution in [1.82, 2.24) is 15.0 Å². The number of halogens is 3. The number of pyridine rings is 1. The lowest BCUT2D eigenvalue weighted by molar-refractivity contribution is 0.0431. The molecule has 1 fully saturated rings. The zero-order valence-corrected chi connectivity index (χ0v) is 16.4. The Hall–Kier alpha value is -2.18. The van der Waals surface area contributed by atoms with Crippen LogP contribution < -0.4 is 0 Å². The average molecular weight is 404 g/mol. The van der Waals surface area contributed by atoms with Gasteiger partial charge in [0.15, 0.2) is 5.82 Å². The third-order valence-electron chi connectivity index (χ3n) is 5.46. The van der Waals surface area contributed by atoms with E-state index in [-0.39, 0.29) is 28.0 Å². The highest BCUT2D eigenvalue weighted by Gasteiger charge is 2.36. The van der Waals surface area contributed by atoms with Crippen molar-refractivity contribution in [3.05, 3.63) is 52.6 Å². The highest BCUT2D eigenvalue weighted by Crippen LogP contribution is 2.44. The Bertz CT molecular complexity index is 1070. The number of aromatic nitrogens is 3. The molecule has 2 aromatic heterocycles. The molecule has 0 spiro atoms. The van der Waals surface area contributed by atoms with E-state index in [0.717, 1.165) is 30.2 Å². The van der Waals surface area contributed by atoms with Gasteiger partial charge >= 0.3 is 0 Å². The first-order valence-corrected chi connectivity index (χ1v) is 9.71. The molecule has 0 unspecified atom stereocenters. The first kappa shape index (κ1) is 19.2. The first-order valence-electron chi connectivity index (χ1n) is 9.33. The van der Waals surface area contributed by atoms with Gasteiger partial charge in [-0.1, -0.05) is 26.7 Å². The van der Waals surface area contributed by atoms with Crippen LogP contribution in [0.3, 0.4) is 0 Å². The van der Waals surface area contributed by atoms with Gasteiger partial charge in [-0.2, -0.15) is 0 Å². The molecule has 1 aromatic carbocycles. The average Bonchev–Trinajstić information content (AvgIpc) is 3.10. The summed E-state index contributed by atoms with van der Waals surface area (Å²) in [5.74, 6) is -1.25. The predicted molar refractivity (Wildman–Crippen MR) is 104 cm³/mol. The van der Waals surface area contributed by atoms with Crippen LogP contribution in [0.5, 0.6) is 0 Å². The summed E-state index contributed by atoms with van der Waals surface area (Å²) >= 11 is 5.81. The monoisotopic (exact) mass is 403 g/mol. The Morgan fingerprint density at radius 2 is 1.79 bits per heavy atom. The summed E-state index contributed by atoms with van der Waals surface area (Å²) in [5.41, 5.74) is 0.974. The lowest BCUT2D eigenvalue weighted by Gasteiger charge is -2.28. The van der Waals surface area contributed by atoms with E-state index >= 15 is 0 Å². The van der Waals surface area contributed by atoms with Crippen LogP contribution in [-0.2, 0) is 5.60 Å². The molecule has 0 radical (unpaired) electrons. The number of benzene rings is 1. The van der Waals surface area contributed by atoms with Gasteiger partial charge in [0.25, 0.3) is 0 Å². The van der Waals surface area contributed by atoms with Crippen LogP contribution in [0.25, 0.3) is 22.2 Å². The molecule has 0 amide bonds. The molecular weight excluding hydrogens is 384 g/mol. The summed E-state index contributed by atoms with van der Waals surface area (Å²) in [6.45, 7) is 3.98. The van der Waals surface area contributed by atoms with E-state index in [1.807, 2.05) is 13.8 Å². The third-order valence-corrected chi connectivity index (χ3v) is 5.65. The Balaban J connectivity index is 2.02. The van der Waals surface area contributed by atoms with Crippen LogP contribution in [0.4, 0.5) is 8.78 Å². The molecule has 0 saturated heterocycles. The first-order chi connectivity index (χ1) is 13.3. The molecule has 146 valence electrons. The second-order valence-corrected chi connectivity index (χ2v) is 8.01. The number of aliphatic hydroxyl groups is 1. The largest absolute Gasteiger partial charge is 0.385 e. The highest BCUT2D eigenvalue weighted by molar-refractivity contribution is 6.28. The molecule has 0 bridgehead atoms. The number of hydrogen-bond acceptors (Lipinski definition) is 4. The Morgan fingerprint density at radius 3 is 2.46 bits per heavy atom. The van der Waals surface area contributed by atoms with Gasteiger partial charge < -0.3 is 5.11 Å². The Labute approximate surface area is 166 Å². The molecule has 28 heavy (non-hydrogen) atoms. The summed E-state index contributed by atoms with van der Waals surface area (Å²) in [4.78, 5) is 11.8. The number of fused-ring (bicyclic) bond motifs is 1. The van der Waals surface area contributed by atoms with Gasteiger partial charge in [-0.05, 0) is 48.1 Å². The lowest BCUT2D eigenvalue weighted by Crippen LogP contribution is -2.24. The van der Waals surface area contributed by atoms with E-state index in [1.165, 1.54) is 6.07 Å². The zero-order valence-electron chi connectivity index (χ0n) is 15.6. The molecule has 3 aromatic rings. The SMILES string of the molecule is CC(C)c1c(C2(O)CCCC2)cnc2c(F)cc(-c3nc(Cl)ncc3F)cc12. The normalized spacial score (nSPS) is 16.2. The van der Waals surface area contributed by atoms with Gasteiger partial charge in [0.1, 0.15) is 17.0 Å². The maximum absolute atomic E-state index is 14.9. The van der Waals surface area contributed by atoms with Crippen LogP contribution >= 0.6 is 11.6 Å². The summed E-state index contributed by atoms with van der Waals surface area (Å²) in [6.07, 6.45) is 5.73. The minimum Gasteiger partial charge on any atom is -0.385 e. The van der Waals surface area contributed by atoms with Gasteiger partial charge in [-0.25, -0.2) is 18.7 Å². The molecule has 2 heterocycles. The fourth-order valence-corrected chi connectivity index (χ4v) is 4.32. The molecule has 4 nitrogen and oxygen atoms in total. The molecule has 1 saturated carbocycles. The lowest BCUT2D eigenvalue weighted by atomic mass is 9.83. The van der Waals surface area contributed by atoms with Crippen molar-refractivity contribution in [1.29, 1.82) is 0 Å². The Morgan fingerprint density at radius 1 is 1.07 bits per heavy atom. The predicted octanol–water partition coefficient (Wildman–Crippen LogP) is 5.51. The van der Waals surface area contributed by atoms with E-state index < -0.39 is 17.2 Å². The van der Waals surface area contributed by atoms with E-state index in [2.05, 4.69) is 15.0 Å². The summed E-state index contributed by atoms with van der Waals surface area (Å²) in [7, 11) is 0. The second kappa shape index (κ2) is 7.01. The quantitative estimate of drug-likeness (QED) is 0.586. The van der Waals surface area contributed by atoms with Crippen molar-refractivity contribution in [2.24, 2.45) is 0 Å². The fourth-order valence-electron chi connectivity index (χ4n) is 4.19. The zero-order chi connectivity index (χ0) is 20.1. The molecule has 0 atom stereocenters. The van der Waals surface area contributed by atoms with Gasteiger partial charge in [-0.15, -0.1) is 0 Å². The number of rotatable bonds is 3. The molecule has 7 heteroatoms. The van der Waals surface area contributed by atoms with Crippen LogP contribution in [0, 0.1) is 11.6 Å². The third kappa shape index (κ3) is 3.14. The molecule has 0 aliphatic heterocycles. The fraction of sp³-hybridized carbons (Fsp3) is 0.381. The van der Waals surface area contributed by atoms with Crippen molar-refractivity contribution < 1.29 is 13.9 Å². The number of hydrogen-bond donors (Lipinski definition) is 1. The summed E-state index contributed by atoms with van der Waals surface area (Å²) in [6, 6.07) is 2.87.